The normalized spacial score (nSPS) is 11.4. The molecule has 3 N–H and O–H groups in total. The molecule has 4 heterocycles. The number of anilines is 1. The third-order valence-corrected chi connectivity index (χ3v) is 5.61. The zero-order valence-corrected chi connectivity index (χ0v) is 17.5. The van der Waals surface area contributed by atoms with E-state index in [1.165, 1.54) is 24.4 Å². The van der Waals surface area contributed by atoms with Crippen molar-refractivity contribution in [1.82, 2.24) is 24.7 Å². The second-order valence-corrected chi connectivity index (χ2v) is 7.75. The minimum absolute atomic E-state index is 0.137. The van der Waals surface area contributed by atoms with E-state index in [2.05, 4.69) is 20.1 Å². The number of aromatic nitrogens is 5. The van der Waals surface area contributed by atoms with Crippen LogP contribution in [-0.4, -0.2) is 24.7 Å². The van der Waals surface area contributed by atoms with Gasteiger partial charge < -0.3 is 10.7 Å². The van der Waals surface area contributed by atoms with E-state index in [1.807, 2.05) is 36.9 Å². The Kier molecular flexibility index (Phi) is 4.70. The summed E-state index contributed by atoms with van der Waals surface area (Å²) in [5.74, 6) is -0.975. The maximum Gasteiger partial charge on any atom is 0.165 e. The summed E-state index contributed by atoms with van der Waals surface area (Å²) in [4.78, 5) is 11.6. The van der Waals surface area contributed by atoms with Crippen LogP contribution in [0.1, 0.15) is 17.0 Å². The highest BCUT2D eigenvalue weighted by molar-refractivity contribution is 5.96. The van der Waals surface area contributed by atoms with Crippen LogP contribution in [0.25, 0.3) is 33.3 Å². The molecule has 160 valence electrons. The molecule has 0 aliphatic heterocycles. The Labute approximate surface area is 182 Å². The fraction of sp³-hybridized carbons (Fsp3) is 0.125. The number of nitrogens with zero attached hydrogens (tertiary/aromatic N) is 4. The van der Waals surface area contributed by atoms with Gasteiger partial charge in [0.1, 0.15) is 11.5 Å². The first-order valence-electron chi connectivity index (χ1n) is 10.1. The summed E-state index contributed by atoms with van der Waals surface area (Å²) < 4.78 is 29.4. The highest BCUT2D eigenvalue weighted by Crippen LogP contribution is 2.35. The topological polar surface area (TPSA) is 85.4 Å². The van der Waals surface area contributed by atoms with Gasteiger partial charge in [0.05, 0.1) is 12.2 Å². The van der Waals surface area contributed by atoms with Gasteiger partial charge in [0.2, 0.25) is 0 Å². The fourth-order valence-corrected chi connectivity index (χ4v) is 4.02. The molecule has 0 aliphatic carbocycles. The number of hydrogen-bond donors (Lipinski definition) is 2. The number of benzene rings is 1. The van der Waals surface area contributed by atoms with Crippen LogP contribution in [0, 0.1) is 25.5 Å². The van der Waals surface area contributed by atoms with Crippen LogP contribution in [0.2, 0.25) is 0 Å². The number of pyridine rings is 2. The molecule has 5 rings (SSSR count). The first kappa shape index (κ1) is 19.9. The number of aromatic amines is 1. The predicted octanol–water partition coefficient (Wildman–Crippen LogP) is 5.01. The molecule has 0 atom stereocenters. The van der Waals surface area contributed by atoms with Crippen molar-refractivity contribution < 1.29 is 8.78 Å². The van der Waals surface area contributed by atoms with Crippen molar-refractivity contribution in [1.29, 1.82) is 0 Å². The zero-order chi connectivity index (χ0) is 22.4. The van der Waals surface area contributed by atoms with Gasteiger partial charge >= 0.3 is 0 Å². The zero-order valence-electron chi connectivity index (χ0n) is 17.5. The van der Waals surface area contributed by atoms with Crippen molar-refractivity contribution in [2.75, 3.05) is 5.73 Å². The van der Waals surface area contributed by atoms with Gasteiger partial charge in [0, 0.05) is 51.9 Å². The Bertz CT molecular complexity index is 1470. The lowest BCUT2D eigenvalue weighted by molar-refractivity contribution is 0.616. The summed E-state index contributed by atoms with van der Waals surface area (Å²) in [7, 11) is 0. The largest absolute Gasteiger partial charge is 0.381 e. The molecule has 5 aromatic rings. The summed E-state index contributed by atoms with van der Waals surface area (Å²) in [6, 6.07) is 9.81. The summed E-state index contributed by atoms with van der Waals surface area (Å²) in [5, 5.41) is 5.57. The number of aryl methyl sites for hydroxylation is 1. The third-order valence-electron chi connectivity index (χ3n) is 5.61. The molecule has 0 aliphatic rings. The molecule has 0 amide bonds. The number of nitrogen functional groups attached to an aromatic ring is 1. The number of nitrogens with one attached hydrogen (secondary N) is 1. The summed E-state index contributed by atoms with van der Waals surface area (Å²) >= 11 is 0. The van der Waals surface area contributed by atoms with E-state index < -0.39 is 5.82 Å². The van der Waals surface area contributed by atoms with E-state index in [9.17, 15) is 8.78 Å². The van der Waals surface area contributed by atoms with Crippen LogP contribution in [0.5, 0.6) is 0 Å². The molecule has 0 saturated carbocycles. The van der Waals surface area contributed by atoms with Gasteiger partial charge in [-0.1, -0.05) is 12.1 Å². The monoisotopic (exact) mass is 430 g/mol. The van der Waals surface area contributed by atoms with Gasteiger partial charge in [-0.15, -0.1) is 0 Å². The molecule has 32 heavy (non-hydrogen) atoms. The summed E-state index contributed by atoms with van der Waals surface area (Å²) in [5.41, 5.74) is 12.1. The molecule has 0 saturated heterocycles. The highest BCUT2D eigenvalue weighted by atomic mass is 19.1. The van der Waals surface area contributed by atoms with Crippen molar-refractivity contribution in [3.63, 3.8) is 0 Å². The van der Waals surface area contributed by atoms with Crippen LogP contribution in [-0.2, 0) is 6.54 Å². The molecule has 6 nitrogen and oxygen atoms in total. The standard InChI is InChI=1S/C24H20F2N6/c1-13-22(14(2)32(31-13)12-15-4-3-5-18(25)6-15)20-11-30-24-19(20)7-16(10-29-24)17-8-21(26)23(27)28-9-17/h3-11H,12H2,1-2H3,(H2,27,28)(H,29,30). The lowest BCUT2D eigenvalue weighted by atomic mass is 10.0. The van der Waals surface area contributed by atoms with Crippen LogP contribution in [0.15, 0.2) is 55.0 Å². The molecule has 0 bridgehead atoms. The Morgan fingerprint density at radius 3 is 2.59 bits per heavy atom. The summed E-state index contributed by atoms with van der Waals surface area (Å²) in [6.45, 7) is 4.40. The number of rotatable bonds is 4. The lowest BCUT2D eigenvalue weighted by Crippen LogP contribution is -2.04. The maximum absolute atomic E-state index is 13.9. The summed E-state index contributed by atoms with van der Waals surface area (Å²) in [6.07, 6.45) is 5.09. The molecule has 0 unspecified atom stereocenters. The average Bonchev–Trinajstić information content (AvgIpc) is 3.29. The maximum atomic E-state index is 13.9. The molecule has 8 heteroatoms. The molecule has 4 aromatic heterocycles. The Morgan fingerprint density at radius 2 is 1.81 bits per heavy atom. The second-order valence-electron chi connectivity index (χ2n) is 7.75. The van der Waals surface area contributed by atoms with Gasteiger partial charge in [-0.05, 0) is 43.7 Å². The average molecular weight is 430 g/mol. The van der Waals surface area contributed by atoms with Crippen LogP contribution in [0.4, 0.5) is 14.6 Å². The van der Waals surface area contributed by atoms with Crippen LogP contribution >= 0.6 is 0 Å². The Hall–Kier alpha value is -4.07. The van der Waals surface area contributed by atoms with Crippen molar-refractivity contribution in [3.8, 4) is 22.3 Å². The molecular weight excluding hydrogens is 410 g/mol. The van der Waals surface area contributed by atoms with Gasteiger partial charge in [-0.3, -0.25) is 4.68 Å². The molecular formula is C24H20F2N6. The van der Waals surface area contributed by atoms with Gasteiger partial charge in [-0.2, -0.15) is 5.10 Å². The Balaban J connectivity index is 1.59. The second kappa shape index (κ2) is 7.56. The first-order valence-corrected chi connectivity index (χ1v) is 10.1. The lowest BCUT2D eigenvalue weighted by Gasteiger charge is -2.07. The van der Waals surface area contributed by atoms with Gasteiger partial charge in [0.25, 0.3) is 0 Å². The molecule has 0 fully saturated rings. The van der Waals surface area contributed by atoms with E-state index in [0.717, 1.165) is 39.0 Å². The fourth-order valence-electron chi connectivity index (χ4n) is 4.02. The van der Waals surface area contributed by atoms with Crippen molar-refractivity contribution in [3.05, 3.63) is 83.6 Å². The first-order chi connectivity index (χ1) is 15.4. The number of fused-ring (bicyclic) bond motifs is 1. The van der Waals surface area contributed by atoms with Crippen LogP contribution in [0.3, 0.4) is 0 Å². The van der Waals surface area contributed by atoms with Crippen molar-refractivity contribution in [2.45, 2.75) is 20.4 Å². The smallest absolute Gasteiger partial charge is 0.165 e. The third kappa shape index (κ3) is 3.39. The predicted molar refractivity (Wildman–Crippen MR) is 120 cm³/mol. The minimum Gasteiger partial charge on any atom is -0.381 e. The van der Waals surface area contributed by atoms with E-state index in [0.29, 0.717) is 17.8 Å². The van der Waals surface area contributed by atoms with Gasteiger partial charge in [0.15, 0.2) is 11.6 Å². The molecule has 0 radical (unpaired) electrons. The van der Waals surface area contributed by atoms with E-state index in [4.69, 9.17) is 5.73 Å². The molecule has 1 aromatic carbocycles. The van der Waals surface area contributed by atoms with Crippen molar-refractivity contribution >= 4 is 16.9 Å². The quantitative estimate of drug-likeness (QED) is 0.420. The van der Waals surface area contributed by atoms with Crippen molar-refractivity contribution in [2.24, 2.45) is 0 Å². The van der Waals surface area contributed by atoms with E-state index >= 15 is 0 Å². The van der Waals surface area contributed by atoms with E-state index in [-0.39, 0.29) is 11.6 Å². The molecule has 0 spiro atoms. The number of nitrogens with two attached hydrogens (primary N) is 1. The van der Waals surface area contributed by atoms with Crippen LogP contribution < -0.4 is 5.73 Å². The SMILES string of the molecule is Cc1nn(Cc2cccc(F)c2)c(C)c1-c1c[nH]c2ncc(-c3cnc(N)c(F)c3)cc12. The highest BCUT2D eigenvalue weighted by Gasteiger charge is 2.18. The van der Waals surface area contributed by atoms with E-state index in [1.54, 1.807) is 12.3 Å². The number of halogens is 2. The number of hydrogen-bond acceptors (Lipinski definition) is 4. The Morgan fingerprint density at radius 1 is 1.03 bits per heavy atom. The van der Waals surface area contributed by atoms with Gasteiger partial charge in [-0.25, -0.2) is 18.7 Å². The number of H-pyrrole nitrogens is 1. The minimum atomic E-state index is -0.567.